The Bertz CT molecular complexity index is 356. The van der Waals surface area contributed by atoms with Gasteiger partial charge in [0, 0.05) is 18.0 Å². The number of nitrogens with one attached hydrogen (secondary N) is 1. The van der Waals surface area contributed by atoms with Crippen molar-refractivity contribution in [2.45, 2.75) is 36.4 Å². The molecular weight excluding hydrogens is 218 g/mol. The summed E-state index contributed by atoms with van der Waals surface area (Å²) < 4.78 is 0. The highest BCUT2D eigenvalue weighted by Gasteiger charge is 2.24. The van der Waals surface area contributed by atoms with Gasteiger partial charge in [-0.05, 0) is 31.4 Å². The van der Waals surface area contributed by atoms with E-state index < -0.39 is 0 Å². The van der Waals surface area contributed by atoms with Crippen molar-refractivity contribution < 1.29 is 0 Å². The quantitative estimate of drug-likeness (QED) is 0.765. The molecule has 1 N–H and O–H groups in total. The molecule has 1 aliphatic rings. The first kappa shape index (κ1) is 11.4. The fourth-order valence-corrected chi connectivity index (χ4v) is 2.31. The fraction of sp³-hybridized carbons (Fsp3) is 0.500. The molecule has 0 amide bonds. The van der Waals surface area contributed by atoms with Gasteiger partial charge in [0.1, 0.15) is 0 Å². The highest BCUT2D eigenvalue weighted by molar-refractivity contribution is 7.99. The first-order valence-corrected chi connectivity index (χ1v) is 6.56. The van der Waals surface area contributed by atoms with Crippen LogP contribution in [0.5, 0.6) is 0 Å². The molecular formula is C12H15N3S. The lowest BCUT2D eigenvalue weighted by molar-refractivity contribution is 0.587. The second-order valence-electron chi connectivity index (χ2n) is 3.93. The predicted molar refractivity (Wildman–Crippen MR) is 65.1 cm³/mol. The zero-order valence-electron chi connectivity index (χ0n) is 9.10. The molecule has 1 atom stereocenters. The molecule has 1 unspecified atom stereocenters. The summed E-state index contributed by atoms with van der Waals surface area (Å²) in [5, 5.41) is 13.3. The van der Waals surface area contributed by atoms with Crippen LogP contribution in [-0.2, 0) is 0 Å². The number of hydrogen-bond acceptors (Lipinski definition) is 4. The molecule has 16 heavy (non-hydrogen) atoms. The van der Waals surface area contributed by atoms with Gasteiger partial charge in [-0.2, -0.15) is 5.26 Å². The first-order valence-electron chi connectivity index (χ1n) is 5.58. The van der Waals surface area contributed by atoms with Crippen LogP contribution in [-0.4, -0.2) is 22.8 Å². The monoisotopic (exact) mass is 233 g/mol. The number of aromatic nitrogens is 1. The lowest BCUT2D eigenvalue weighted by Crippen LogP contribution is -2.29. The number of hydrogen-bond donors (Lipinski definition) is 1. The Morgan fingerprint density at radius 2 is 2.44 bits per heavy atom. The Kier molecular flexibility index (Phi) is 4.20. The van der Waals surface area contributed by atoms with Crippen molar-refractivity contribution in [3.8, 4) is 6.07 Å². The third-order valence-corrected chi connectivity index (χ3v) is 3.44. The number of pyridine rings is 1. The van der Waals surface area contributed by atoms with Crippen LogP contribution in [0.1, 0.15) is 19.3 Å². The van der Waals surface area contributed by atoms with Crippen LogP contribution in [0.15, 0.2) is 29.4 Å². The highest BCUT2D eigenvalue weighted by Crippen LogP contribution is 2.21. The minimum atomic E-state index is 0.00344. The van der Waals surface area contributed by atoms with Gasteiger partial charge in [-0.1, -0.05) is 6.07 Å². The van der Waals surface area contributed by atoms with Gasteiger partial charge in [-0.25, -0.2) is 4.98 Å². The molecule has 84 valence electrons. The van der Waals surface area contributed by atoms with E-state index in [0.717, 1.165) is 17.2 Å². The maximum absolute atomic E-state index is 8.96. The average molecular weight is 233 g/mol. The van der Waals surface area contributed by atoms with Crippen molar-refractivity contribution in [2.75, 3.05) is 5.75 Å². The molecule has 4 heteroatoms. The highest BCUT2D eigenvalue weighted by atomic mass is 32.2. The standard InChI is InChI=1S/C12H15N3S/c13-9-11(15-10-4-5-10)6-8-16-12-3-1-2-7-14-12/h1-3,7,10-11,15H,4-6,8H2. The minimum Gasteiger partial charge on any atom is -0.299 e. The smallest absolute Gasteiger partial charge is 0.0963 e. The maximum atomic E-state index is 8.96. The lowest BCUT2D eigenvalue weighted by Gasteiger charge is -2.09. The van der Waals surface area contributed by atoms with Crippen LogP contribution < -0.4 is 5.32 Å². The molecule has 1 aromatic rings. The lowest BCUT2D eigenvalue weighted by atomic mass is 10.2. The van der Waals surface area contributed by atoms with Crippen LogP contribution in [0.4, 0.5) is 0 Å². The summed E-state index contributed by atoms with van der Waals surface area (Å²) in [4.78, 5) is 4.23. The van der Waals surface area contributed by atoms with E-state index in [1.165, 1.54) is 12.8 Å². The van der Waals surface area contributed by atoms with Gasteiger partial charge >= 0.3 is 0 Å². The average Bonchev–Trinajstić information content (AvgIpc) is 3.13. The van der Waals surface area contributed by atoms with Crippen molar-refractivity contribution in [3.05, 3.63) is 24.4 Å². The van der Waals surface area contributed by atoms with E-state index in [-0.39, 0.29) is 6.04 Å². The first-order chi connectivity index (χ1) is 7.88. The molecule has 1 heterocycles. The van der Waals surface area contributed by atoms with Crippen molar-refractivity contribution in [2.24, 2.45) is 0 Å². The van der Waals surface area contributed by atoms with Gasteiger partial charge in [-0.15, -0.1) is 11.8 Å². The normalized spacial score (nSPS) is 16.7. The minimum absolute atomic E-state index is 0.00344. The summed E-state index contributed by atoms with van der Waals surface area (Å²) in [6.07, 6.45) is 5.14. The molecule has 0 spiro atoms. The molecule has 0 aromatic carbocycles. The van der Waals surface area contributed by atoms with Crippen LogP contribution in [0.2, 0.25) is 0 Å². The fourth-order valence-electron chi connectivity index (χ4n) is 1.43. The summed E-state index contributed by atoms with van der Waals surface area (Å²) in [6, 6.07) is 8.82. The van der Waals surface area contributed by atoms with E-state index in [1.807, 2.05) is 18.2 Å². The van der Waals surface area contributed by atoms with Gasteiger partial charge < -0.3 is 0 Å². The maximum Gasteiger partial charge on any atom is 0.0963 e. The van der Waals surface area contributed by atoms with Crippen LogP contribution >= 0.6 is 11.8 Å². The number of nitriles is 1. The molecule has 0 bridgehead atoms. The molecule has 1 aromatic heterocycles. The van der Waals surface area contributed by atoms with E-state index in [4.69, 9.17) is 5.26 Å². The summed E-state index contributed by atoms with van der Waals surface area (Å²) >= 11 is 1.71. The van der Waals surface area contributed by atoms with Gasteiger partial charge in [-0.3, -0.25) is 5.32 Å². The van der Waals surface area contributed by atoms with Crippen LogP contribution in [0.25, 0.3) is 0 Å². The van der Waals surface area contributed by atoms with Crippen molar-refractivity contribution in [1.82, 2.24) is 10.3 Å². The zero-order valence-corrected chi connectivity index (χ0v) is 9.91. The Balaban J connectivity index is 1.68. The van der Waals surface area contributed by atoms with E-state index in [1.54, 1.807) is 18.0 Å². The Hall–Kier alpha value is -1.05. The molecule has 0 saturated heterocycles. The van der Waals surface area contributed by atoms with Gasteiger partial charge in [0.15, 0.2) is 0 Å². The summed E-state index contributed by atoms with van der Waals surface area (Å²) in [5.74, 6) is 0.939. The number of rotatable bonds is 6. The second-order valence-corrected chi connectivity index (χ2v) is 5.04. The van der Waals surface area contributed by atoms with Crippen molar-refractivity contribution in [1.29, 1.82) is 5.26 Å². The second kappa shape index (κ2) is 5.88. The third-order valence-electron chi connectivity index (χ3n) is 2.46. The molecule has 0 radical (unpaired) electrons. The van der Waals surface area contributed by atoms with E-state index in [9.17, 15) is 0 Å². The number of thioether (sulfide) groups is 1. The van der Waals surface area contributed by atoms with Crippen molar-refractivity contribution in [3.63, 3.8) is 0 Å². The van der Waals surface area contributed by atoms with Gasteiger partial charge in [0.05, 0.1) is 17.1 Å². The molecule has 0 aliphatic heterocycles. The topological polar surface area (TPSA) is 48.7 Å². The van der Waals surface area contributed by atoms with Crippen LogP contribution in [0, 0.1) is 11.3 Å². The van der Waals surface area contributed by atoms with Crippen molar-refractivity contribution >= 4 is 11.8 Å². The predicted octanol–water partition coefficient (Wildman–Crippen LogP) is 2.21. The van der Waals surface area contributed by atoms with E-state index in [0.29, 0.717) is 6.04 Å². The van der Waals surface area contributed by atoms with Gasteiger partial charge in [0.25, 0.3) is 0 Å². The molecule has 1 saturated carbocycles. The number of nitrogens with zero attached hydrogens (tertiary/aromatic N) is 2. The third kappa shape index (κ3) is 3.84. The zero-order chi connectivity index (χ0) is 11.2. The Labute approximate surface area is 100 Å². The SMILES string of the molecule is N#CC(CCSc1ccccn1)NC1CC1. The van der Waals surface area contributed by atoms with Crippen LogP contribution in [0.3, 0.4) is 0 Å². The Morgan fingerprint density at radius 3 is 3.06 bits per heavy atom. The molecule has 2 rings (SSSR count). The molecule has 3 nitrogen and oxygen atoms in total. The Morgan fingerprint density at radius 1 is 1.56 bits per heavy atom. The largest absolute Gasteiger partial charge is 0.299 e. The van der Waals surface area contributed by atoms with Gasteiger partial charge in [0.2, 0.25) is 0 Å². The molecule has 1 aliphatic carbocycles. The molecule has 1 fully saturated rings. The summed E-state index contributed by atoms with van der Waals surface area (Å²) in [5.41, 5.74) is 0. The van der Waals surface area contributed by atoms with E-state index >= 15 is 0 Å². The van der Waals surface area contributed by atoms with E-state index in [2.05, 4.69) is 16.4 Å². The summed E-state index contributed by atoms with van der Waals surface area (Å²) in [7, 11) is 0. The summed E-state index contributed by atoms with van der Waals surface area (Å²) in [6.45, 7) is 0.